The molecular formula is C37H63N3O25. The second kappa shape index (κ2) is 23.2. The van der Waals surface area contributed by atoms with E-state index >= 15 is 0 Å². The van der Waals surface area contributed by atoms with Crippen molar-refractivity contribution in [3.63, 3.8) is 0 Å². The molecule has 5 rings (SSSR count). The third kappa shape index (κ3) is 11.9. The zero-order chi connectivity index (χ0) is 48.2. The standard InChI is InChI=1S/C37H63N3O25/c1-10-19(38-11(2)46)26(53)30(17(8-44)57-10)62-35-21(40-13(4)48)27(54)31(18(9-45)61-35)63-36-29(56)32(24(51)16(7-43)59-36)64-37-33(28(55)23(50)15(6-42)60-37)65-34-20(39-12(3)47)25(52)22(49)14(5-41)58-34/h10,14-37,41-45,49-56H,5-9H2,1-4H3,(H,38,46)(H,39,47)(H,40,48)/t10-,14?,15+,16?,17?,18?,19+,20-,21-,22+,23+,24+,25?,26?,27?,28?,29+,30+,31+,32?,33?,34-,35-,36-,37+/m0/s1. The van der Waals surface area contributed by atoms with Crippen molar-refractivity contribution in [3.8, 4) is 0 Å². The first-order chi connectivity index (χ1) is 30.7. The average Bonchev–Trinajstić information content (AvgIpc) is 3.26. The molecule has 16 N–H and O–H groups in total. The molecule has 0 aromatic heterocycles. The highest BCUT2D eigenvalue weighted by Crippen LogP contribution is 2.36. The van der Waals surface area contributed by atoms with Gasteiger partial charge in [0.05, 0.1) is 45.2 Å². The quantitative estimate of drug-likeness (QED) is 0.0683. The number of aliphatic hydroxyl groups excluding tert-OH is 13. The van der Waals surface area contributed by atoms with Crippen molar-refractivity contribution in [1.82, 2.24) is 16.0 Å². The Bertz CT molecular complexity index is 1560. The number of nitrogens with one attached hydrogen (secondary N) is 3. The van der Waals surface area contributed by atoms with Gasteiger partial charge >= 0.3 is 0 Å². The molecule has 5 fully saturated rings. The lowest BCUT2D eigenvalue weighted by Gasteiger charge is -2.50. The van der Waals surface area contributed by atoms with Crippen molar-refractivity contribution < 1.29 is 123 Å². The monoisotopic (exact) mass is 949 g/mol. The molecule has 28 nitrogen and oxygen atoms in total. The van der Waals surface area contributed by atoms with E-state index in [2.05, 4.69) is 16.0 Å². The number of rotatable bonds is 16. The number of hydrogen-bond donors (Lipinski definition) is 16. The lowest BCUT2D eigenvalue weighted by Crippen LogP contribution is -2.70. The minimum atomic E-state index is -2.17. The van der Waals surface area contributed by atoms with Gasteiger partial charge in [-0.15, -0.1) is 0 Å². The molecule has 25 atom stereocenters. The Kier molecular flexibility index (Phi) is 19.1. The third-order valence-electron chi connectivity index (χ3n) is 11.8. The van der Waals surface area contributed by atoms with Gasteiger partial charge in [0.25, 0.3) is 0 Å². The highest BCUT2D eigenvalue weighted by atomic mass is 16.8. The van der Waals surface area contributed by atoms with Crippen LogP contribution in [0.15, 0.2) is 0 Å². The van der Waals surface area contributed by atoms with Gasteiger partial charge in [-0.05, 0) is 6.92 Å². The van der Waals surface area contributed by atoms with Gasteiger partial charge in [0.2, 0.25) is 17.7 Å². The summed E-state index contributed by atoms with van der Waals surface area (Å²) in [7, 11) is 0. The molecule has 0 radical (unpaired) electrons. The van der Waals surface area contributed by atoms with Crippen LogP contribution in [-0.4, -0.2) is 270 Å². The molecule has 5 aliphatic heterocycles. The van der Waals surface area contributed by atoms with E-state index in [1.807, 2.05) is 0 Å². The molecule has 3 amide bonds. The number of carbonyl (C=O) groups is 3. The van der Waals surface area contributed by atoms with Gasteiger partial charge in [-0.3, -0.25) is 14.4 Å². The van der Waals surface area contributed by atoms with E-state index in [4.69, 9.17) is 42.6 Å². The molecular weight excluding hydrogens is 886 g/mol. The van der Waals surface area contributed by atoms with Crippen molar-refractivity contribution in [2.45, 2.75) is 181 Å². The van der Waals surface area contributed by atoms with E-state index in [0.717, 1.165) is 13.8 Å². The molecule has 10 unspecified atom stereocenters. The summed E-state index contributed by atoms with van der Waals surface area (Å²) < 4.78 is 52.4. The molecule has 0 bridgehead atoms. The molecule has 376 valence electrons. The Morgan fingerprint density at radius 2 is 0.738 bits per heavy atom. The zero-order valence-corrected chi connectivity index (χ0v) is 35.7. The summed E-state index contributed by atoms with van der Waals surface area (Å²) in [6.07, 6.45) is -38.5. The molecule has 28 heteroatoms. The van der Waals surface area contributed by atoms with Crippen LogP contribution in [0.25, 0.3) is 0 Å². The molecule has 0 aromatic rings. The maximum Gasteiger partial charge on any atom is 0.217 e. The van der Waals surface area contributed by atoms with Crippen LogP contribution >= 0.6 is 0 Å². The summed E-state index contributed by atoms with van der Waals surface area (Å²) in [6.45, 7) is 0.416. The minimum absolute atomic E-state index is 0.530. The van der Waals surface area contributed by atoms with Crippen LogP contribution in [0, 0.1) is 0 Å². The van der Waals surface area contributed by atoms with Gasteiger partial charge in [-0.2, -0.15) is 0 Å². The highest BCUT2D eigenvalue weighted by Gasteiger charge is 2.57. The Morgan fingerprint density at radius 3 is 1.25 bits per heavy atom. The zero-order valence-electron chi connectivity index (χ0n) is 35.7. The SMILES string of the molecule is CC(=O)N[C@H]1C(O)[C@H](O)C(CO)O[C@H]1OC1C(O)[C@H](O)[C@@H](CO)O[C@@H]1OC1[C@H](O)C(CO)O[C@@H](O[C@@H]2C(CO)O[C@@H](O[C@@H]3C(CO)O[C@@H](C)[C@@H](NC(C)=O)C3O)[C@@H](NC(C)=O)C2O)[C@@H]1O. The molecule has 0 aromatic carbocycles. The summed E-state index contributed by atoms with van der Waals surface area (Å²) in [6, 6.07) is -4.25. The van der Waals surface area contributed by atoms with Gasteiger partial charge in [0.15, 0.2) is 25.2 Å². The van der Waals surface area contributed by atoms with Crippen LogP contribution in [0.4, 0.5) is 0 Å². The molecule has 5 saturated heterocycles. The summed E-state index contributed by atoms with van der Waals surface area (Å²) >= 11 is 0. The van der Waals surface area contributed by atoms with Crippen molar-refractivity contribution in [1.29, 1.82) is 0 Å². The molecule has 5 heterocycles. The third-order valence-corrected chi connectivity index (χ3v) is 11.8. The molecule has 0 saturated carbocycles. The van der Waals surface area contributed by atoms with Crippen LogP contribution in [0.2, 0.25) is 0 Å². The Hall–Kier alpha value is -2.47. The number of ether oxygens (including phenoxy) is 9. The predicted octanol–water partition coefficient (Wildman–Crippen LogP) is -10.4. The molecule has 65 heavy (non-hydrogen) atoms. The largest absolute Gasteiger partial charge is 0.394 e. The first-order valence-electron chi connectivity index (χ1n) is 20.9. The van der Waals surface area contributed by atoms with E-state index in [9.17, 15) is 80.8 Å². The fraction of sp³-hybridized carbons (Fsp3) is 0.919. The smallest absolute Gasteiger partial charge is 0.217 e. The van der Waals surface area contributed by atoms with Gasteiger partial charge in [0.1, 0.15) is 116 Å². The molecule has 0 aliphatic carbocycles. The summed E-state index contributed by atoms with van der Waals surface area (Å²) in [4.78, 5) is 36.4. The topological polar surface area (TPSA) is 433 Å². The van der Waals surface area contributed by atoms with Crippen molar-refractivity contribution in [2.24, 2.45) is 0 Å². The fourth-order valence-corrected chi connectivity index (χ4v) is 8.47. The summed E-state index contributed by atoms with van der Waals surface area (Å²) in [5.74, 6) is -2.02. The normalized spacial score (nSPS) is 47.1. The number of amides is 3. The predicted molar refractivity (Wildman–Crippen MR) is 205 cm³/mol. The summed E-state index contributed by atoms with van der Waals surface area (Å²) in [5.41, 5.74) is 0. The Morgan fingerprint density at radius 1 is 0.385 bits per heavy atom. The highest BCUT2D eigenvalue weighted by molar-refractivity contribution is 5.74. The van der Waals surface area contributed by atoms with Crippen LogP contribution < -0.4 is 16.0 Å². The van der Waals surface area contributed by atoms with Crippen LogP contribution in [0.1, 0.15) is 27.7 Å². The molecule has 5 aliphatic rings. The van der Waals surface area contributed by atoms with Crippen molar-refractivity contribution in [2.75, 3.05) is 33.0 Å². The van der Waals surface area contributed by atoms with E-state index in [1.54, 1.807) is 0 Å². The van der Waals surface area contributed by atoms with Crippen molar-refractivity contribution >= 4 is 17.7 Å². The van der Waals surface area contributed by atoms with E-state index in [1.165, 1.54) is 13.8 Å². The number of carbonyl (C=O) groups excluding carboxylic acids is 3. The second-order valence-electron chi connectivity index (χ2n) is 16.5. The van der Waals surface area contributed by atoms with Gasteiger partial charge in [-0.25, -0.2) is 0 Å². The van der Waals surface area contributed by atoms with Crippen LogP contribution in [0.3, 0.4) is 0 Å². The number of hydrogen-bond acceptors (Lipinski definition) is 25. The first-order valence-corrected chi connectivity index (χ1v) is 20.9. The number of aliphatic hydroxyl groups is 13. The van der Waals surface area contributed by atoms with E-state index < -0.39 is 204 Å². The Balaban J connectivity index is 1.40. The Labute approximate surface area is 370 Å². The maximum absolute atomic E-state index is 12.5. The van der Waals surface area contributed by atoms with E-state index in [-0.39, 0.29) is 0 Å². The minimum Gasteiger partial charge on any atom is -0.394 e. The second-order valence-corrected chi connectivity index (χ2v) is 16.5. The molecule has 0 spiro atoms. The summed E-state index contributed by atoms with van der Waals surface area (Å²) in [5, 5.41) is 147. The lowest BCUT2D eigenvalue weighted by atomic mass is 9.92. The van der Waals surface area contributed by atoms with Crippen LogP contribution in [0.5, 0.6) is 0 Å². The van der Waals surface area contributed by atoms with Gasteiger partial charge < -0.3 is 125 Å². The first kappa shape index (κ1) is 53.5. The van der Waals surface area contributed by atoms with Crippen molar-refractivity contribution in [3.05, 3.63) is 0 Å². The van der Waals surface area contributed by atoms with Gasteiger partial charge in [-0.1, -0.05) is 0 Å². The lowest BCUT2D eigenvalue weighted by molar-refractivity contribution is -0.391. The van der Waals surface area contributed by atoms with Gasteiger partial charge in [0, 0.05) is 20.8 Å². The average molecular weight is 950 g/mol. The maximum atomic E-state index is 12.5. The van der Waals surface area contributed by atoms with Crippen LogP contribution in [-0.2, 0) is 57.0 Å². The fourth-order valence-electron chi connectivity index (χ4n) is 8.47. The van der Waals surface area contributed by atoms with E-state index in [0.29, 0.717) is 0 Å².